The fourth-order valence-corrected chi connectivity index (χ4v) is 8.90. The summed E-state index contributed by atoms with van der Waals surface area (Å²) < 4.78 is 0. The number of fused-ring (bicyclic) bond motifs is 2. The molecule has 7 amide bonds. The van der Waals surface area contributed by atoms with Gasteiger partial charge in [-0.3, -0.25) is 33.6 Å². The number of nitrogens with two attached hydrogens (primary N) is 2. The number of benzene rings is 4. The highest BCUT2D eigenvalue weighted by Gasteiger charge is 2.36. The largest absolute Gasteiger partial charge is 0.394 e. The monoisotopic (exact) mass is 1030 g/mol. The van der Waals surface area contributed by atoms with Gasteiger partial charge in [-0.1, -0.05) is 103 Å². The highest BCUT2D eigenvalue weighted by Crippen LogP contribution is 2.22. The molecule has 20 nitrogen and oxygen atoms in total. The summed E-state index contributed by atoms with van der Waals surface area (Å²) in [6.07, 6.45) is 2.19. The van der Waals surface area contributed by atoms with Crippen LogP contribution in [0.15, 0.2) is 115 Å². The van der Waals surface area contributed by atoms with Gasteiger partial charge in [-0.2, -0.15) is 0 Å². The van der Waals surface area contributed by atoms with Crippen LogP contribution in [-0.4, -0.2) is 135 Å². The van der Waals surface area contributed by atoms with E-state index in [9.17, 15) is 44.1 Å². The summed E-state index contributed by atoms with van der Waals surface area (Å²) in [5, 5.41) is 52.4. The molecule has 0 bridgehead atoms. The van der Waals surface area contributed by atoms with Crippen molar-refractivity contribution in [3.8, 4) is 0 Å². The van der Waals surface area contributed by atoms with Crippen LogP contribution in [0.1, 0.15) is 62.6 Å². The van der Waals surface area contributed by atoms with Gasteiger partial charge in [-0.05, 0) is 92.4 Å². The molecular formula is C55H70N10O10. The molecule has 0 saturated heterocycles. The number of hydrogen-bond donors (Lipinski definition) is 13. The lowest BCUT2D eigenvalue weighted by molar-refractivity contribution is -0.137. The van der Waals surface area contributed by atoms with Gasteiger partial charge in [0.1, 0.15) is 36.3 Å². The van der Waals surface area contributed by atoms with Crippen LogP contribution in [0.5, 0.6) is 0 Å². The van der Waals surface area contributed by atoms with Crippen molar-refractivity contribution < 1.29 is 48.9 Å². The number of carbonyl (C=O) groups excluding carboxylic acids is 7. The van der Waals surface area contributed by atoms with E-state index in [4.69, 9.17) is 11.5 Å². The molecule has 0 radical (unpaired) electrons. The molecule has 0 spiro atoms. The summed E-state index contributed by atoms with van der Waals surface area (Å²) in [6, 6.07) is 18.6. The lowest BCUT2D eigenvalue weighted by Crippen LogP contribution is -2.62. The van der Waals surface area contributed by atoms with E-state index in [1.165, 1.54) is 26.0 Å². The van der Waals surface area contributed by atoms with Gasteiger partial charge in [0.25, 0.3) is 0 Å². The molecule has 75 heavy (non-hydrogen) atoms. The standard InChI is InChI=1S/C55H70N10O10/c1-32(67)47(31-66)64-51(71)43-24-11-10-23-42(59-49(69)40(57)27-34-15-4-3-5-16-34)50(70)62-45(28-36-19-14-18-35-17-6-7-20-38(35)36)54(74)63-46(29-37-30-58-41-22-9-8-21-39(37)41)53(73)60-44(25-12-13-26-56)52(72)65-48(33(2)68)55(75)61-43/h3-11,14-22,30,32-33,40,42-48,58,66-68H,12-13,23-29,31,56-57H2,1-2H3,(H,59,69)(H,60,73)(H,61,75)(H,62,70)(H,63,74)(H,64,71)(H,65,72)/b11-10-/t32-,33-,40-,42+,43+,44+,45+,46-,47-,48+/m1/s1. The molecule has 6 rings (SSSR count). The minimum atomic E-state index is -1.68. The Labute approximate surface area is 435 Å². The third kappa shape index (κ3) is 16.0. The number of nitrogens with one attached hydrogen (secondary N) is 8. The number of para-hydroxylation sites is 1. The highest BCUT2D eigenvalue weighted by atomic mass is 16.3. The number of aliphatic hydroxyl groups is 3. The van der Waals surface area contributed by atoms with Crippen LogP contribution in [0.3, 0.4) is 0 Å². The Morgan fingerprint density at radius 3 is 1.99 bits per heavy atom. The maximum Gasteiger partial charge on any atom is 0.245 e. The van der Waals surface area contributed by atoms with Crippen molar-refractivity contribution in [3.63, 3.8) is 0 Å². The Morgan fingerprint density at radius 2 is 1.29 bits per heavy atom. The minimum absolute atomic E-state index is 0.0241. The van der Waals surface area contributed by atoms with E-state index in [-0.39, 0.29) is 45.1 Å². The first-order chi connectivity index (χ1) is 36.1. The summed E-state index contributed by atoms with van der Waals surface area (Å²) in [5.41, 5.74) is 15.1. The number of carbonyl (C=O) groups is 7. The van der Waals surface area contributed by atoms with Gasteiger partial charge in [0.15, 0.2) is 0 Å². The van der Waals surface area contributed by atoms with E-state index in [2.05, 4.69) is 42.2 Å². The second kappa shape index (κ2) is 27.7. The third-order valence-electron chi connectivity index (χ3n) is 13.2. The van der Waals surface area contributed by atoms with Gasteiger partial charge >= 0.3 is 0 Å². The van der Waals surface area contributed by atoms with E-state index in [1.54, 1.807) is 30.5 Å². The van der Waals surface area contributed by atoms with Gasteiger partial charge < -0.3 is 69.0 Å². The molecular weight excluding hydrogens is 961 g/mol. The number of aromatic amines is 1. The van der Waals surface area contributed by atoms with Crippen LogP contribution >= 0.6 is 0 Å². The number of H-pyrrole nitrogens is 1. The zero-order chi connectivity index (χ0) is 54.0. The maximum absolute atomic E-state index is 15.0. The van der Waals surface area contributed by atoms with Gasteiger partial charge in [-0.25, -0.2) is 0 Å². The van der Waals surface area contributed by atoms with Crippen molar-refractivity contribution in [2.24, 2.45) is 11.5 Å². The lowest BCUT2D eigenvalue weighted by atomic mass is 9.97. The lowest BCUT2D eigenvalue weighted by Gasteiger charge is -2.29. The summed E-state index contributed by atoms with van der Waals surface area (Å²) in [5.74, 6) is -5.75. The number of rotatable bonds is 17. The van der Waals surface area contributed by atoms with Crippen molar-refractivity contribution >= 4 is 63.0 Å². The van der Waals surface area contributed by atoms with Crippen LogP contribution in [0, 0.1) is 0 Å². The van der Waals surface area contributed by atoms with Gasteiger partial charge in [0, 0.05) is 29.9 Å². The average molecular weight is 1030 g/mol. The van der Waals surface area contributed by atoms with Crippen LogP contribution in [0.25, 0.3) is 21.7 Å². The molecule has 0 aliphatic carbocycles. The first kappa shape index (κ1) is 56.8. The first-order valence-electron chi connectivity index (χ1n) is 25.3. The number of aromatic nitrogens is 1. The van der Waals surface area contributed by atoms with Crippen molar-refractivity contribution in [2.75, 3.05) is 13.2 Å². The molecule has 4 aromatic carbocycles. The van der Waals surface area contributed by atoms with Gasteiger partial charge in [0.05, 0.1) is 30.9 Å². The Hall–Kier alpha value is -7.49. The van der Waals surface area contributed by atoms with E-state index in [0.717, 1.165) is 27.2 Å². The summed E-state index contributed by atoms with van der Waals surface area (Å²) in [7, 11) is 0. The molecule has 15 N–H and O–H groups in total. The van der Waals surface area contributed by atoms with Crippen LogP contribution < -0.4 is 48.7 Å². The normalized spacial score (nSPS) is 22.5. The zero-order valence-corrected chi connectivity index (χ0v) is 42.2. The van der Waals surface area contributed by atoms with Gasteiger partial charge in [-0.15, -0.1) is 0 Å². The SMILES string of the molecule is C[C@@H](O)[C@@H]1NC(=O)[C@H](CCCCN)NC(=O)[C@@H](Cc2c[nH]c3ccccc23)NC(=O)[C@H](Cc2cccc3ccccc23)NC(=O)[C@@H](NC(=O)[C@H](N)Cc2ccccc2)C/C=C\C[C@@H](C(=O)N[C@H](CO)[C@@H](C)O)NC1=O. The molecule has 2 heterocycles. The summed E-state index contributed by atoms with van der Waals surface area (Å²) in [4.78, 5) is 104. The second-order valence-corrected chi connectivity index (χ2v) is 19.0. The number of hydrogen-bond acceptors (Lipinski definition) is 12. The Morgan fingerprint density at radius 1 is 0.680 bits per heavy atom. The third-order valence-corrected chi connectivity index (χ3v) is 13.2. The van der Waals surface area contributed by atoms with E-state index < -0.39 is 108 Å². The topological polar surface area (TPSA) is 332 Å². The van der Waals surface area contributed by atoms with Crippen molar-refractivity contribution in [2.45, 2.75) is 126 Å². The molecule has 20 heteroatoms. The highest BCUT2D eigenvalue weighted by molar-refractivity contribution is 5.98. The van der Waals surface area contributed by atoms with E-state index >= 15 is 4.79 Å². The molecule has 400 valence electrons. The van der Waals surface area contributed by atoms with E-state index in [0.29, 0.717) is 24.0 Å². The van der Waals surface area contributed by atoms with Crippen molar-refractivity contribution in [1.29, 1.82) is 0 Å². The smallest absolute Gasteiger partial charge is 0.245 e. The predicted octanol–water partition coefficient (Wildman–Crippen LogP) is 0.303. The Balaban J connectivity index is 1.44. The number of amides is 7. The number of aliphatic hydroxyl groups excluding tert-OH is 3. The first-order valence-corrected chi connectivity index (χ1v) is 25.3. The predicted molar refractivity (Wildman–Crippen MR) is 283 cm³/mol. The molecule has 10 atom stereocenters. The molecule has 1 aliphatic rings. The van der Waals surface area contributed by atoms with Crippen LogP contribution in [0.4, 0.5) is 0 Å². The van der Waals surface area contributed by atoms with Crippen LogP contribution in [0.2, 0.25) is 0 Å². The average Bonchev–Trinajstić information content (AvgIpc) is 3.81. The van der Waals surface area contributed by atoms with Gasteiger partial charge in [0.2, 0.25) is 41.4 Å². The summed E-state index contributed by atoms with van der Waals surface area (Å²) in [6.45, 7) is 2.21. The fraction of sp³-hybridized carbons (Fsp3) is 0.400. The van der Waals surface area contributed by atoms with E-state index in [1.807, 2.05) is 72.8 Å². The molecule has 0 saturated carbocycles. The number of unbranched alkanes of at least 4 members (excludes halogenated alkanes) is 1. The summed E-state index contributed by atoms with van der Waals surface area (Å²) >= 11 is 0. The molecule has 5 aromatic rings. The van der Waals surface area contributed by atoms with Crippen molar-refractivity contribution in [3.05, 3.63) is 132 Å². The molecule has 0 fully saturated rings. The fourth-order valence-electron chi connectivity index (χ4n) is 8.90. The molecule has 1 aromatic heterocycles. The Bertz CT molecular complexity index is 2780. The van der Waals surface area contributed by atoms with Crippen LogP contribution in [-0.2, 0) is 52.8 Å². The zero-order valence-electron chi connectivity index (χ0n) is 42.2. The maximum atomic E-state index is 15.0. The minimum Gasteiger partial charge on any atom is -0.394 e. The molecule has 1 aliphatic heterocycles. The second-order valence-electron chi connectivity index (χ2n) is 19.0. The van der Waals surface area contributed by atoms with Crippen molar-refractivity contribution in [1.82, 2.24) is 42.2 Å². The Kier molecular flexibility index (Phi) is 21.0. The quantitative estimate of drug-likeness (QED) is 0.0442. The molecule has 0 unspecified atom stereocenters.